The van der Waals surface area contributed by atoms with Crippen LogP contribution in [0.25, 0.3) is 80.3 Å². The van der Waals surface area contributed by atoms with Gasteiger partial charge in [-0.1, -0.05) is 146 Å². The van der Waals surface area contributed by atoms with Crippen LogP contribution in [0, 0.1) is 0 Å². The van der Waals surface area contributed by atoms with E-state index in [9.17, 15) is 0 Å². The van der Waals surface area contributed by atoms with Crippen LogP contribution in [0.5, 0.6) is 0 Å². The quantitative estimate of drug-likeness (QED) is 0.158. The summed E-state index contributed by atoms with van der Waals surface area (Å²) in [5.41, 5.74) is 9.99. The molecule has 0 radical (unpaired) electrons. The first-order valence-electron chi connectivity index (χ1n) is 18.3. The summed E-state index contributed by atoms with van der Waals surface area (Å²) >= 11 is 1.88. The van der Waals surface area contributed by atoms with Crippen LogP contribution in [-0.4, -0.2) is 4.57 Å². The van der Waals surface area contributed by atoms with Crippen LogP contribution in [0.4, 0.5) is 0 Å². The van der Waals surface area contributed by atoms with E-state index in [1.54, 1.807) is 0 Å². The molecule has 11 rings (SSSR count). The SMILES string of the molecule is c1ccc(-c2ccccc2C(c2ccc3sc4ccccc4c3c2)c2ccc3c(c2)c2c4ccccc4ccc2n3-c2ccc3ccccc3c2)cc1. The van der Waals surface area contributed by atoms with Crippen molar-refractivity contribution in [1.82, 2.24) is 4.57 Å². The number of aromatic nitrogens is 1. The standard InChI is InChI=1S/C51H33NS/c1-2-13-34(14-3-1)40-17-8-9-20-43(40)50(38-25-29-49-44(31-38)42-19-10-11-21-48(42)53-49)37-24-27-46-45(32-37)51-41-18-7-6-15-35(41)23-28-47(51)52(46)39-26-22-33-12-4-5-16-36(33)30-39/h1-32,50H. The highest BCUT2D eigenvalue weighted by Gasteiger charge is 2.24. The lowest BCUT2D eigenvalue weighted by Crippen LogP contribution is -2.05. The van der Waals surface area contributed by atoms with Crippen molar-refractivity contribution in [3.8, 4) is 16.8 Å². The van der Waals surface area contributed by atoms with Gasteiger partial charge >= 0.3 is 0 Å². The third-order valence-corrected chi connectivity index (χ3v) is 12.2. The minimum absolute atomic E-state index is 0.00733. The van der Waals surface area contributed by atoms with Crippen LogP contribution in [0.2, 0.25) is 0 Å². The van der Waals surface area contributed by atoms with Crippen molar-refractivity contribution in [3.05, 3.63) is 211 Å². The number of rotatable bonds is 5. The third-order valence-electron chi connectivity index (χ3n) is 11.1. The van der Waals surface area contributed by atoms with E-state index in [-0.39, 0.29) is 5.92 Å². The van der Waals surface area contributed by atoms with Crippen molar-refractivity contribution in [2.75, 3.05) is 0 Å². The summed E-state index contributed by atoms with van der Waals surface area (Å²) in [4.78, 5) is 0. The molecule has 2 heterocycles. The van der Waals surface area contributed by atoms with E-state index in [0.717, 1.165) is 0 Å². The predicted octanol–water partition coefficient (Wildman–Crippen LogP) is 14.3. The molecule has 0 fully saturated rings. The van der Waals surface area contributed by atoms with E-state index in [4.69, 9.17) is 0 Å². The Kier molecular flexibility index (Phi) is 6.86. The summed E-state index contributed by atoms with van der Waals surface area (Å²) in [5.74, 6) is 0.00733. The lowest BCUT2D eigenvalue weighted by atomic mass is 9.80. The summed E-state index contributed by atoms with van der Waals surface area (Å²) < 4.78 is 5.12. The Bertz CT molecular complexity index is 3180. The Morgan fingerprint density at radius 2 is 1.04 bits per heavy atom. The molecule has 1 nitrogen and oxygen atoms in total. The number of benzene rings is 9. The van der Waals surface area contributed by atoms with Gasteiger partial charge in [-0.3, -0.25) is 0 Å². The first-order valence-corrected chi connectivity index (χ1v) is 19.1. The van der Waals surface area contributed by atoms with Crippen molar-refractivity contribution in [2.24, 2.45) is 0 Å². The van der Waals surface area contributed by atoms with Gasteiger partial charge in [-0.15, -0.1) is 11.3 Å². The molecule has 2 aromatic heterocycles. The van der Waals surface area contributed by atoms with Gasteiger partial charge in [-0.05, 0) is 97.9 Å². The summed E-state index contributed by atoms with van der Waals surface area (Å²) in [5, 5.41) is 10.2. The molecule has 1 atom stereocenters. The van der Waals surface area contributed by atoms with Crippen LogP contribution in [0.15, 0.2) is 194 Å². The average molecular weight is 692 g/mol. The number of hydrogen-bond donors (Lipinski definition) is 0. The number of fused-ring (bicyclic) bond motifs is 9. The molecular formula is C51H33NS. The first-order chi connectivity index (χ1) is 26.3. The average Bonchev–Trinajstić information content (AvgIpc) is 3.77. The number of nitrogens with zero attached hydrogens (tertiary/aromatic N) is 1. The minimum atomic E-state index is 0.00733. The lowest BCUT2D eigenvalue weighted by Gasteiger charge is -2.23. The minimum Gasteiger partial charge on any atom is -0.309 e. The Balaban J connectivity index is 1.21. The maximum absolute atomic E-state index is 2.49. The molecule has 11 aromatic rings. The fourth-order valence-corrected chi connectivity index (χ4v) is 9.77. The molecule has 2 heteroatoms. The van der Waals surface area contributed by atoms with Gasteiger partial charge in [0.1, 0.15) is 0 Å². The second-order valence-electron chi connectivity index (χ2n) is 14.1. The topological polar surface area (TPSA) is 4.93 Å². The second-order valence-corrected chi connectivity index (χ2v) is 15.1. The first kappa shape index (κ1) is 30.2. The Morgan fingerprint density at radius 1 is 0.396 bits per heavy atom. The number of hydrogen-bond acceptors (Lipinski definition) is 1. The van der Waals surface area contributed by atoms with E-state index >= 15 is 0 Å². The maximum atomic E-state index is 2.49. The fourth-order valence-electron chi connectivity index (χ4n) is 8.69. The molecule has 0 amide bonds. The molecule has 0 N–H and O–H groups in total. The Hall–Kier alpha value is -6.48. The van der Waals surface area contributed by atoms with Gasteiger partial charge < -0.3 is 4.57 Å². The van der Waals surface area contributed by atoms with Crippen molar-refractivity contribution >= 4 is 74.9 Å². The molecule has 0 saturated heterocycles. The molecule has 9 aromatic carbocycles. The van der Waals surface area contributed by atoms with Crippen molar-refractivity contribution in [3.63, 3.8) is 0 Å². The van der Waals surface area contributed by atoms with Crippen molar-refractivity contribution < 1.29 is 0 Å². The summed E-state index contributed by atoms with van der Waals surface area (Å²) in [6, 6.07) is 71.9. The van der Waals surface area contributed by atoms with Gasteiger partial charge in [0.25, 0.3) is 0 Å². The summed E-state index contributed by atoms with van der Waals surface area (Å²) in [6.45, 7) is 0. The maximum Gasteiger partial charge on any atom is 0.0547 e. The van der Waals surface area contributed by atoms with Crippen molar-refractivity contribution in [2.45, 2.75) is 5.92 Å². The van der Waals surface area contributed by atoms with Crippen LogP contribution in [0.1, 0.15) is 22.6 Å². The monoisotopic (exact) mass is 691 g/mol. The molecule has 1 unspecified atom stereocenters. The second kappa shape index (κ2) is 12.1. The normalized spacial score (nSPS) is 12.5. The molecular weight excluding hydrogens is 659 g/mol. The zero-order valence-corrected chi connectivity index (χ0v) is 29.7. The molecule has 0 spiro atoms. The molecule has 0 bridgehead atoms. The van der Waals surface area contributed by atoms with Crippen LogP contribution >= 0.6 is 11.3 Å². The van der Waals surface area contributed by atoms with E-state index in [1.807, 2.05) is 11.3 Å². The van der Waals surface area contributed by atoms with E-state index < -0.39 is 0 Å². The number of thiophene rings is 1. The zero-order chi connectivity index (χ0) is 34.9. The Morgan fingerprint density at radius 3 is 1.92 bits per heavy atom. The van der Waals surface area contributed by atoms with E-state index in [0.29, 0.717) is 0 Å². The fraction of sp³-hybridized carbons (Fsp3) is 0.0196. The highest BCUT2D eigenvalue weighted by molar-refractivity contribution is 7.25. The largest absolute Gasteiger partial charge is 0.309 e. The van der Waals surface area contributed by atoms with Crippen LogP contribution in [0.3, 0.4) is 0 Å². The van der Waals surface area contributed by atoms with Gasteiger partial charge in [0, 0.05) is 42.6 Å². The highest BCUT2D eigenvalue weighted by atomic mass is 32.1. The highest BCUT2D eigenvalue weighted by Crippen LogP contribution is 2.44. The van der Waals surface area contributed by atoms with Crippen LogP contribution in [-0.2, 0) is 0 Å². The van der Waals surface area contributed by atoms with E-state index in [2.05, 4.69) is 199 Å². The molecule has 0 saturated carbocycles. The van der Waals surface area contributed by atoms with Crippen LogP contribution < -0.4 is 0 Å². The van der Waals surface area contributed by atoms with Gasteiger partial charge in [-0.25, -0.2) is 0 Å². The van der Waals surface area contributed by atoms with Crippen molar-refractivity contribution in [1.29, 1.82) is 0 Å². The van der Waals surface area contributed by atoms with Gasteiger partial charge in [-0.2, -0.15) is 0 Å². The van der Waals surface area contributed by atoms with E-state index in [1.165, 1.54) is 97.0 Å². The molecule has 248 valence electrons. The van der Waals surface area contributed by atoms with Gasteiger partial charge in [0.2, 0.25) is 0 Å². The molecule has 0 aliphatic heterocycles. The molecule has 53 heavy (non-hydrogen) atoms. The smallest absolute Gasteiger partial charge is 0.0547 e. The summed E-state index contributed by atoms with van der Waals surface area (Å²) in [6.07, 6.45) is 0. The van der Waals surface area contributed by atoms with Gasteiger partial charge in [0.05, 0.1) is 11.0 Å². The zero-order valence-electron chi connectivity index (χ0n) is 28.9. The predicted molar refractivity (Wildman–Crippen MR) is 228 cm³/mol. The molecule has 0 aliphatic carbocycles. The lowest BCUT2D eigenvalue weighted by molar-refractivity contribution is 0.985. The third kappa shape index (κ3) is 4.84. The summed E-state index contributed by atoms with van der Waals surface area (Å²) in [7, 11) is 0. The molecule has 0 aliphatic rings. The van der Waals surface area contributed by atoms with Gasteiger partial charge in [0.15, 0.2) is 0 Å². The Labute approximate surface area is 311 Å².